The minimum absolute atomic E-state index is 1.09. The highest BCUT2D eigenvalue weighted by molar-refractivity contribution is 9.10. The Morgan fingerprint density at radius 2 is 1.88 bits per heavy atom. The summed E-state index contributed by atoms with van der Waals surface area (Å²) in [5.74, 6) is 0. The molecule has 0 radical (unpaired) electrons. The van der Waals surface area contributed by atoms with E-state index < -0.39 is 0 Å². The second kappa shape index (κ2) is 4.03. The van der Waals surface area contributed by atoms with Gasteiger partial charge in [-0.25, -0.2) is 0 Å². The number of hydrogen-bond acceptors (Lipinski definition) is 3. The number of fused-ring (bicyclic) bond motifs is 1. The topological polar surface area (TPSA) is 15.3 Å². The Balaban J connectivity index is 2.04. The van der Waals surface area contributed by atoms with Crippen molar-refractivity contribution in [3.8, 4) is 0 Å². The molecule has 0 spiro atoms. The maximum absolute atomic E-state index is 3.47. The number of para-hydroxylation sites is 1. The number of anilines is 3. The van der Waals surface area contributed by atoms with Crippen LogP contribution in [0.4, 0.5) is 17.1 Å². The van der Waals surface area contributed by atoms with Gasteiger partial charge in [-0.1, -0.05) is 34.1 Å². The van der Waals surface area contributed by atoms with Gasteiger partial charge in [-0.2, -0.15) is 0 Å². The van der Waals surface area contributed by atoms with Crippen LogP contribution in [-0.4, -0.2) is 0 Å². The molecule has 3 rings (SSSR count). The Labute approximate surface area is 107 Å². The fourth-order valence-corrected chi connectivity index (χ4v) is 2.87. The maximum atomic E-state index is 3.47. The molecule has 0 bridgehead atoms. The van der Waals surface area contributed by atoms with Gasteiger partial charge < -0.3 is 4.72 Å². The van der Waals surface area contributed by atoms with E-state index in [0.29, 0.717) is 0 Å². The van der Waals surface area contributed by atoms with E-state index in [9.17, 15) is 0 Å². The average molecular weight is 293 g/mol. The molecule has 2 aromatic carbocycles. The number of benzene rings is 2. The van der Waals surface area contributed by atoms with E-state index in [4.69, 9.17) is 0 Å². The van der Waals surface area contributed by atoms with Crippen molar-refractivity contribution in [1.29, 1.82) is 0 Å². The first kappa shape index (κ1) is 10.1. The van der Waals surface area contributed by atoms with E-state index in [-0.39, 0.29) is 0 Å². The minimum Gasteiger partial charge on any atom is -0.310 e. The first-order valence-electron chi connectivity index (χ1n) is 4.92. The Bertz CT molecular complexity index is 516. The van der Waals surface area contributed by atoms with Crippen LogP contribution in [0.2, 0.25) is 0 Å². The third-order valence-corrected chi connectivity index (χ3v) is 3.81. The summed E-state index contributed by atoms with van der Waals surface area (Å²) in [5, 5.41) is 0. The molecule has 0 aromatic heterocycles. The van der Waals surface area contributed by atoms with Crippen LogP contribution in [0.3, 0.4) is 0 Å². The van der Waals surface area contributed by atoms with Gasteiger partial charge in [0.1, 0.15) is 0 Å². The van der Waals surface area contributed by atoms with Crippen LogP contribution in [0, 0.1) is 0 Å². The van der Waals surface area contributed by atoms with Crippen molar-refractivity contribution >= 4 is 45.1 Å². The molecule has 0 atom stereocenters. The summed E-state index contributed by atoms with van der Waals surface area (Å²) < 4.78 is 6.58. The van der Waals surface area contributed by atoms with Gasteiger partial charge in [0.15, 0.2) is 0 Å². The molecular formula is C12H9BrN2S. The smallest absolute Gasteiger partial charge is 0.0783 e. The Morgan fingerprint density at radius 3 is 2.69 bits per heavy atom. The highest BCUT2D eigenvalue weighted by Crippen LogP contribution is 2.44. The van der Waals surface area contributed by atoms with Crippen molar-refractivity contribution < 1.29 is 0 Å². The average Bonchev–Trinajstić information content (AvgIpc) is 2.73. The van der Waals surface area contributed by atoms with Gasteiger partial charge in [-0.15, -0.1) is 0 Å². The van der Waals surface area contributed by atoms with E-state index in [1.165, 1.54) is 11.4 Å². The summed E-state index contributed by atoms with van der Waals surface area (Å²) >= 11 is 5.07. The molecule has 2 nitrogen and oxygen atoms in total. The summed E-state index contributed by atoms with van der Waals surface area (Å²) in [4.78, 5) is 0. The van der Waals surface area contributed by atoms with Gasteiger partial charge in [0.25, 0.3) is 0 Å². The lowest BCUT2D eigenvalue weighted by Crippen LogP contribution is -2.01. The summed E-state index contributed by atoms with van der Waals surface area (Å²) in [6, 6.07) is 16.6. The highest BCUT2D eigenvalue weighted by Gasteiger charge is 2.21. The molecule has 0 saturated carbocycles. The predicted octanol–water partition coefficient (Wildman–Crippen LogP) is 4.58. The van der Waals surface area contributed by atoms with E-state index >= 15 is 0 Å². The van der Waals surface area contributed by atoms with Crippen molar-refractivity contribution in [3.05, 3.63) is 53.0 Å². The fourth-order valence-electron chi connectivity index (χ4n) is 1.67. The van der Waals surface area contributed by atoms with Crippen LogP contribution >= 0.6 is 28.1 Å². The first-order valence-corrected chi connectivity index (χ1v) is 6.49. The molecule has 0 unspecified atom stereocenters. The molecule has 1 N–H and O–H groups in total. The molecule has 4 heteroatoms. The largest absolute Gasteiger partial charge is 0.310 e. The molecule has 1 aliphatic heterocycles. The fraction of sp³-hybridized carbons (Fsp3) is 0. The van der Waals surface area contributed by atoms with E-state index in [2.05, 4.69) is 55.3 Å². The second-order valence-electron chi connectivity index (χ2n) is 3.48. The molecule has 80 valence electrons. The number of rotatable bonds is 1. The normalized spacial score (nSPS) is 13.4. The van der Waals surface area contributed by atoms with Gasteiger partial charge in [0.05, 0.1) is 29.2 Å². The molecule has 1 aliphatic rings. The third-order valence-electron chi connectivity index (χ3n) is 2.41. The van der Waals surface area contributed by atoms with Crippen molar-refractivity contribution in [1.82, 2.24) is 0 Å². The molecule has 1 heterocycles. The van der Waals surface area contributed by atoms with Gasteiger partial charge in [0, 0.05) is 4.47 Å². The van der Waals surface area contributed by atoms with Crippen LogP contribution < -0.4 is 9.03 Å². The molecule has 16 heavy (non-hydrogen) atoms. The van der Waals surface area contributed by atoms with Crippen LogP contribution in [0.5, 0.6) is 0 Å². The molecule has 0 aliphatic carbocycles. The molecule has 0 amide bonds. The maximum Gasteiger partial charge on any atom is 0.0783 e. The monoisotopic (exact) mass is 292 g/mol. The molecule has 0 fully saturated rings. The SMILES string of the molecule is Brc1ccc2c(c1)NSN2c1ccccc1. The zero-order chi connectivity index (χ0) is 11.0. The van der Waals surface area contributed by atoms with Crippen molar-refractivity contribution in [3.63, 3.8) is 0 Å². The van der Waals surface area contributed by atoms with E-state index in [1.54, 1.807) is 12.1 Å². The summed E-state index contributed by atoms with van der Waals surface area (Å²) in [6.07, 6.45) is 0. The number of halogens is 1. The predicted molar refractivity (Wildman–Crippen MR) is 73.9 cm³/mol. The standard InChI is InChI=1S/C12H9BrN2S/c13-9-6-7-12-11(8-9)14-16-15(12)10-4-2-1-3-5-10/h1-8,14H. The summed E-state index contributed by atoms with van der Waals surface area (Å²) in [6.45, 7) is 0. The Hall–Kier alpha value is -1.13. The lowest BCUT2D eigenvalue weighted by molar-refractivity contribution is 1.46. The number of nitrogens with one attached hydrogen (secondary N) is 1. The molecular weight excluding hydrogens is 284 g/mol. The van der Waals surface area contributed by atoms with E-state index in [1.807, 2.05) is 18.2 Å². The zero-order valence-electron chi connectivity index (χ0n) is 8.35. The van der Waals surface area contributed by atoms with Crippen molar-refractivity contribution in [2.24, 2.45) is 0 Å². The van der Waals surface area contributed by atoms with Gasteiger partial charge >= 0.3 is 0 Å². The number of hydrogen-bond donors (Lipinski definition) is 1. The van der Waals surface area contributed by atoms with Gasteiger partial charge in [0.2, 0.25) is 0 Å². The van der Waals surface area contributed by atoms with Crippen LogP contribution in [0.25, 0.3) is 0 Å². The zero-order valence-corrected chi connectivity index (χ0v) is 10.8. The Morgan fingerprint density at radius 1 is 1.06 bits per heavy atom. The lowest BCUT2D eigenvalue weighted by Gasteiger charge is -2.15. The van der Waals surface area contributed by atoms with E-state index in [0.717, 1.165) is 10.2 Å². The molecule has 0 saturated heterocycles. The third kappa shape index (κ3) is 1.68. The first-order chi connectivity index (χ1) is 7.84. The van der Waals surface area contributed by atoms with Crippen LogP contribution in [0.15, 0.2) is 53.0 Å². The lowest BCUT2D eigenvalue weighted by atomic mass is 10.2. The van der Waals surface area contributed by atoms with Crippen molar-refractivity contribution in [2.75, 3.05) is 9.03 Å². The number of nitrogens with zero attached hydrogens (tertiary/aromatic N) is 1. The van der Waals surface area contributed by atoms with Crippen LogP contribution in [-0.2, 0) is 0 Å². The van der Waals surface area contributed by atoms with Crippen molar-refractivity contribution in [2.45, 2.75) is 0 Å². The minimum atomic E-state index is 1.09. The highest BCUT2D eigenvalue weighted by atomic mass is 79.9. The van der Waals surface area contributed by atoms with Gasteiger partial charge in [-0.3, -0.25) is 4.31 Å². The summed E-state index contributed by atoms with van der Waals surface area (Å²) in [5.41, 5.74) is 3.52. The van der Waals surface area contributed by atoms with Gasteiger partial charge in [-0.05, 0) is 30.3 Å². The molecule has 2 aromatic rings. The second-order valence-corrected chi connectivity index (χ2v) is 5.15. The quantitative estimate of drug-likeness (QED) is 0.775. The van der Waals surface area contributed by atoms with Crippen LogP contribution in [0.1, 0.15) is 0 Å². The summed E-state index contributed by atoms with van der Waals surface area (Å²) in [7, 11) is 0. The Kier molecular flexibility index (Phi) is 2.53.